The zero-order valence-electron chi connectivity index (χ0n) is 12.2. The maximum absolute atomic E-state index is 11.3. The Bertz CT molecular complexity index is 386. The smallest absolute Gasteiger partial charge is 0.326 e. The van der Waals surface area contributed by atoms with Crippen LogP contribution in [0.3, 0.4) is 0 Å². The zero-order valence-corrected chi connectivity index (χ0v) is 12.2. The summed E-state index contributed by atoms with van der Waals surface area (Å²) in [6.45, 7) is 6.80. The molecule has 106 valence electrons. The molecular weight excluding hydrogens is 238 g/mol. The molecule has 19 heavy (non-hydrogen) atoms. The Morgan fingerprint density at radius 3 is 2.26 bits per heavy atom. The summed E-state index contributed by atoms with van der Waals surface area (Å²) in [6, 6.07) is 7.87. The number of carbonyl (C=O) groups is 1. The van der Waals surface area contributed by atoms with Crippen molar-refractivity contribution in [1.29, 1.82) is 0 Å². The lowest BCUT2D eigenvalue weighted by Crippen LogP contribution is -2.40. The molecule has 1 aromatic carbocycles. The number of hydrogen-bond acceptors (Lipinski definition) is 2. The molecule has 0 fully saturated rings. The van der Waals surface area contributed by atoms with E-state index >= 15 is 0 Å². The molecule has 0 radical (unpaired) electrons. The molecular formula is C16H25NO2. The molecule has 0 bridgehead atoms. The zero-order chi connectivity index (χ0) is 14.3. The Morgan fingerprint density at radius 1 is 1.21 bits per heavy atom. The van der Waals surface area contributed by atoms with E-state index in [9.17, 15) is 9.90 Å². The molecule has 3 nitrogen and oxygen atoms in total. The topological polar surface area (TPSA) is 40.5 Å². The van der Waals surface area contributed by atoms with Crippen LogP contribution in [-0.4, -0.2) is 23.7 Å². The number of aliphatic carboxylic acids is 1. The molecule has 1 aromatic rings. The molecule has 0 saturated carbocycles. The van der Waals surface area contributed by atoms with Crippen LogP contribution < -0.4 is 4.90 Å². The summed E-state index contributed by atoms with van der Waals surface area (Å²) >= 11 is 0. The van der Waals surface area contributed by atoms with E-state index in [-0.39, 0.29) is 0 Å². The Balaban J connectivity index is 2.84. The number of unbranched alkanes of at least 4 members (excludes halogenated alkanes) is 1. The van der Waals surface area contributed by atoms with Crippen molar-refractivity contribution in [3.8, 4) is 0 Å². The van der Waals surface area contributed by atoms with Crippen LogP contribution >= 0.6 is 0 Å². The largest absolute Gasteiger partial charge is 0.480 e. The summed E-state index contributed by atoms with van der Waals surface area (Å²) in [5.41, 5.74) is 2.32. The number of rotatable bonds is 8. The van der Waals surface area contributed by atoms with Crippen LogP contribution in [0.5, 0.6) is 0 Å². The van der Waals surface area contributed by atoms with Crippen LogP contribution in [0, 0.1) is 0 Å². The van der Waals surface area contributed by atoms with Crippen molar-refractivity contribution in [3.05, 3.63) is 29.8 Å². The van der Waals surface area contributed by atoms with Crippen LogP contribution in [0.4, 0.5) is 5.69 Å². The molecule has 0 aliphatic heterocycles. The van der Waals surface area contributed by atoms with E-state index in [1.807, 2.05) is 30.9 Å². The fourth-order valence-corrected chi connectivity index (χ4v) is 2.35. The Hall–Kier alpha value is -1.51. The van der Waals surface area contributed by atoms with Crippen LogP contribution in [0.1, 0.15) is 45.6 Å². The average Bonchev–Trinajstić information content (AvgIpc) is 2.42. The minimum Gasteiger partial charge on any atom is -0.480 e. The highest BCUT2D eigenvalue weighted by Gasteiger charge is 2.22. The number of carboxylic acids is 1. The molecule has 0 amide bonds. The fraction of sp³-hybridized carbons (Fsp3) is 0.562. The predicted octanol–water partition coefficient (Wildman–Crippen LogP) is 3.72. The van der Waals surface area contributed by atoms with Gasteiger partial charge >= 0.3 is 5.97 Å². The number of aryl methyl sites for hydroxylation is 1. The van der Waals surface area contributed by atoms with Gasteiger partial charge in [-0.05, 0) is 43.9 Å². The standard InChI is InChI=1S/C16H25NO2/c1-4-7-8-13-9-11-14(12-10-13)17(6-3)15(5-2)16(18)19/h9-12,15H,4-8H2,1-3H3,(H,18,19)/t15-/m1/s1. The lowest BCUT2D eigenvalue weighted by Gasteiger charge is -2.29. The normalized spacial score (nSPS) is 12.2. The van der Waals surface area contributed by atoms with Gasteiger partial charge in [0.15, 0.2) is 0 Å². The van der Waals surface area contributed by atoms with Gasteiger partial charge in [-0.25, -0.2) is 4.79 Å². The first-order valence-electron chi connectivity index (χ1n) is 7.22. The Morgan fingerprint density at radius 2 is 1.84 bits per heavy atom. The number of benzene rings is 1. The van der Waals surface area contributed by atoms with Crippen molar-refractivity contribution in [2.24, 2.45) is 0 Å². The summed E-state index contributed by atoms with van der Waals surface area (Å²) in [5, 5.41) is 9.27. The summed E-state index contributed by atoms with van der Waals surface area (Å²) in [7, 11) is 0. The van der Waals surface area contributed by atoms with Crippen molar-refractivity contribution in [1.82, 2.24) is 0 Å². The number of hydrogen-bond donors (Lipinski definition) is 1. The highest BCUT2D eigenvalue weighted by atomic mass is 16.4. The summed E-state index contributed by atoms with van der Waals surface area (Å²) in [6.07, 6.45) is 4.10. The van der Waals surface area contributed by atoms with Gasteiger partial charge in [-0.1, -0.05) is 32.4 Å². The van der Waals surface area contributed by atoms with E-state index in [0.29, 0.717) is 13.0 Å². The molecule has 1 atom stereocenters. The van der Waals surface area contributed by atoms with Gasteiger partial charge < -0.3 is 10.0 Å². The highest BCUT2D eigenvalue weighted by molar-refractivity contribution is 5.78. The molecule has 0 spiro atoms. The highest BCUT2D eigenvalue weighted by Crippen LogP contribution is 2.20. The maximum Gasteiger partial charge on any atom is 0.326 e. The molecule has 0 aromatic heterocycles. The lowest BCUT2D eigenvalue weighted by molar-refractivity contribution is -0.138. The first kappa shape index (κ1) is 15.5. The monoisotopic (exact) mass is 263 g/mol. The molecule has 1 N–H and O–H groups in total. The Labute approximate surface area is 116 Å². The van der Waals surface area contributed by atoms with E-state index in [0.717, 1.165) is 12.1 Å². The second-order valence-corrected chi connectivity index (χ2v) is 4.82. The second kappa shape index (κ2) is 7.82. The fourth-order valence-electron chi connectivity index (χ4n) is 2.35. The Kier molecular flexibility index (Phi) is 6.40. The van der Waals surface area contributed by atoms with E-state index in [1.165, 1.54) is 18.4 Å². The SMILES string of the molecule is CCCCc1ccc(N(CC)[C@H](CC)C(=O)O)cc1. The quantitative estimate of drug-likeness (QED) is 0.777. The predicted molar refractivity (Wildman–Crippen MR) is 79.8 cm³/mol. The van der Waals surface area contributed by atoms with Crippen molar-refractivity contribution in [3.63, 3.8) is 0 Å². The molecule has 0 saturated heterocycles. The number of anilines is 1. The first-order chi connectivity index (χ1) is 9.13. The van der Waals surface area contributed by atoms with Gasteiger partial charge in [-0.15, -0.1) is 0 Å². The summed E-state index contributed by atoms with van der Waals surface area (Å²) in [4.78, 5) is 13.2. The molecule has 1 rings (SSSR count). The third-order valence-electron chi connectivity index (χ3n) is 3.48. The molecule has 0 heterocycles. The van der Waals surface area contributed by atoms with E-state index < -0.39 is 12.0 Å². The third kappa shape index (κ3) is 4.27. The minimum atomic E-state index is -0.751. The van der Waals surface area contributed by atoms with Crippen molar-refractivity contribution < 1.29 is 9.90 Å². The maximum atomic E-state index is 11.3. The first-order valence-corrected chi connectivity index (χ1v) is 7.22. The van der Waals surface area contributed by atoms with Gasteiger partial charge in [0, 0.05) is 12.2 Å². The van der Waals surface area contributed by atoms with Gasteiger partial charge in [0.25, 0.3) is 0 Å². The summed E-state index contributed by atoms with van der Waals surface area (Å²) in [5.74, 6) is -0.751. The van der Waals surface area contributed by atoms with E-state index in [1.54, 1.807) is 0 Å². The van der Waals surface area contributed by atoms with Gasteiger partial charge in [-0.2, -0.15) is 0 Å². The van der Waals surface area contributed by atoms with E-state index in [2.05, 4.69) is 19.1 Å². The van der Waals surface area contributed by atoms with Crippen LogP contribution in [0.25, 0.3) is 0 Å². The minimum absolute atomic E-state index is 0.438. The molecule has 0 unspecified atom stereocenters. The van der Waals surface area contributed by atoms with Crippen LogP contribution in [0.15, 0.2) is 24.3 Å². The third-order valence-corrected chi connectivity index (χ3v) is 3.48. The summed E-state index contributed by atoms with van der Waals surface area (Å²) < 4.78 is 0. The van der Waals surface area contributed by atoms with Crippen molar-refractivity contribution in [2.45, 2.75) is 52.5 Å². The van der Waals surface area contributed by atoms with Crippen LogP contribution in [0.2, 0.25) is 0 Å². The molecule has 0 aliphatic carbocycles. The number of carboxylic acid groups (broad SMARTS) is 1. The lowest BCUT2D eigenvalue weighted by atomic mass is 10.1. The van der Waals surface area contributed by atoms with Gasteiger partial charge in [0.1, 0.15) is 6.04 Å². The number of nitrogens with zero attached hydrogens (tertiary/aromatic N) is 1. The van der Waals surface area contributed by atoms with Crippen LogP contribution in [-0.2, 0) is 11.2 Å². The van der Waals surface area contributed by atoms with Gasteiger partial charge in [-0.3, -0.25) is 0 Å². The number of likely N-dealkylation sites (N-methyl/N-ethyl adjacent to an activating group) is 1. The van der Waals surface area contributed by atoms with Crippen molar-refractivity contribution >= 4 is 11.7 Å². The van der Waals surface area contributed by atoms with Crippen molar-refractivity contribution in [2.75, 3.05) is 11.4 Å². The average molecular weight is 263 g/mol. The van der Waals surface area contributed by atoms with E-state index in [4.69, 9.17) is 0 Å². The molecule has 3 heteroatoms. The van der Waals surface area contributed by atoms with Gasteiger partial charge in [0.2, 0.25) is 0 Å². The second-order valence-electron chi connectivity index (χ2n) is 4.82. The molecule has 0 aliphatic rings. The van der Waals surface area contributed by atoms with Gasteiger partial charge in [0.05, 0.1) is 0 Å².